The first-order valence-electron chi connectivity index (χ1n) is 6.84. The van der Waals surface area contributed by atoms with Gasteiger partial charge < -0.3 is 10.4 Å². The number of ketones is 1. The lowest BCUT2D eigenvalue weighted by atomic mass is 10.0. The second-order valence-corrected chi connectivity index (χ2v) is 5.61. The topological polar surface area (TPSA) is 66.4 Å². The van der Waals surface area contributed by atoms with E-state index in [1.54, 1.807) is 24.3 Å². The second kappa shape index (κ2) is 6.86. The number of aliphatic carboxylic acids is 1. The fourth-order valence-corrected chi connectivity index (χ4v) is 2.72. The van der Waals surface area contributed by atoms with E-state index in [1.807, 2.05) is 0 Å². The van der Waals surface area contributed by atoms with Crippen LogP contribution in [0.4, 0.5) is 0 Å². The van der Waals surface area contributed by atoms with E-state index in [9.17, 15) is 9.59 Å². The molecule has 108 valence electrons. The predicted molar refractivity (Wildman–Crippen MR) is 77.2 cm³/mol. The molecule has 1 unspecified atom stereocenters. The maximum Gasteiger partial charge on any atom is 0.305 e. The SMILES string of the molecule is O=C(O)CC(NC1CCCC1)C(=O)c1ccc(Cl)cc1. The van der Waals surface area contributed by atoms with Crippen LogP contribution in [-0.4, -0.2) is 28.9 Å². The lowest BCUT2D eigenvalue weighted by Crippen LogP contribution is -2.43. The number of benzene rings is 1. The van der Waals surface area contributed by atoms with E-state index in [0.717, 1.165) is 25.7 Å². The van der Waals surface area contributed by atoms with Crippen molar-refractivity contribution < 1.29 is 14.7 Å². The zero-order valence-corrected chi connectivity index (χ0v) is 11.9. The van der Waals surface area contributed by atoms with Crippen LogP contribution >= 0.6 is 11.6 Å². The lowest BCUT2D eigenvalue weighted by molar-refractivity contribution is -0.137. The Morgan fingerprint density at radius 3 is 2.40 bits per heavy atom. The van der Waals surface area contributed by atoms with Crippen molar-refractivity contribution in [1.82, 2.24) is 5.32 Å². The molecule has 1 atom stereocenters. The maximum atomic E-state index is 12.4. The highest BCUT2D eigenvalue weighted by molar-refractivity contribution is 6.30. The summed E-state index contributed by atoms with van der Waals surface area (Å²) in [5.74, 6) is -1.15. The molecule has 1 aliphatic carbocycles. The van der Waals surface area contributed by atoms with Crippen molar-refractivity contribution in [3.8, 4) is 0 Å². The maximum absolute atomic E-state index is 12.4. The summed E-state index contributed by atoms with van der Waals surface area (Å²) in [6, 6.07) is 6.13. The molecule has 0 heterocycles. The Morgan fingerprint density at radius 1 is 1.25 bits per heavy atom. The van der Waals surface area contributed by atoms with Crippen LogP contribution < -0.4 is 5.32 Å². The molecule has 4 nitrogen and oxygen atoms in total. The third-order valence-electron chi connectivity index (χ3n) is 3.62. The third-order valence-corrected chi connectivity index (χ3v) is 3.87. The number of carbonyl (C=O) groups is 2. The number of hydrogen-bond donors (Lipinski definition) is 2. The summed E-state index contributed by atoms with van der Waals surface area (Å²) in [6.07, 6.45) is 4.07. The minimum absolute atomic E-state index is 0.184. The molecule has 0 spiro atoms. The molecule has 2 rings (SSSR count). The molecule has 20 heavy (non-hydrogen) atoms. The lowest BCUT2D eigenvalue weighted by Gasteiger charge is -2.20. The first-order valence-corrected chi connectivity index (χ1v) is 7.21. The van der Waals surface area contributed by atoms with Crippen molar-refractivity contribution in [3.63, 3.8) is 0 Å². The second-order valence-electron chi connectivity index (χ2n) is 5.17. The molecule has 0 amide bonds. The number of rotatable bonds is 6. The number of hydrogen-bond acceptors (Lipinski definition) is 3. The Labute approximate surface area is 123 Å². The first-order chi connectivity index (χ1) is 9.56. The summed E-state index contributed by atoms with van der Waals surface area (Å²) < 4.78 is 0. The average molecular weight is 296 g/mol. The summed E-state index contributed by atoms with van der Waals surface area (Å²) in [4.78, 5) is 23.4. The van der Waals surface area contributed by atoms with Gasteiger partial charge in [-0.3, -0.25) is 9.59 Å². The van der Waals surface area contributed by atoms with Crippen LogP contribution in [0, 0.1) is 0 Å². The fraction of sp³-hybridized carbons (Fsp3) is 0.467. The highest BCUT2D eigenvalue weighted by Gasteiger charge is 2.27. The number of carbonyl (C=O) groups excluding carboxylic acids is 1. The Morgan fingerprint density at radius 2 is 1.85 bits per heavy atom. The van der Waals surface area contributed by atoms with E-state index in [1.165, 1.54) is 0 Å². The Balaban J connectivity index is 2.09. The normalized spacial score (nSPS) is 17.1. The largest absolute Gasteiger partial charge is 0.481 e. The number of carboxylic acids is 1. The Kier molecular flexibility index (Phi) is 5.15. The molecule has 5 heteroatoms. The van der Waals surface area contributed by atoms with Crippen LogP contribution in [0.15, 0.2) is 24.3 Å². The smallest absolute Gasteiger partial charge is 0.305 e. The van der Waals surface area contributed by atoms with Crippen molar-refractivity contribution in [2.24, 2.45) is 0 Å². The van der Waals surface area contributed by atoms with Crippen LogP contribution in [0.2, 0.25) is 5.02 Å². The van der Waals surface area contributed by atoms with Gasteiger partial charge in [-0.15, -0.1) is 0 Å². The zero-order valence-electron chi connectivity index (χ0n) is 11.1. The van der Waals surface area contributed by atoms with Crippen molar-refractivity contribution in [2.45, 2.75) is 44.2 Å². The van der Waals surface area contributed by atoms with E-state index in [-0.39, 0.29) is 18.2 Å². The molecule has 0 bridgehead atoms. The molecule has 1 fully saturated rings. The summed E-state index contributed by atoms with van der Waals surface area (Å²) in [5, 5.41) is 12.7. The van der Waals surface area contributed by atoms with Crippen molar-refractivity contribution in [3.05, 3.63) is 34.9 Å². The average Bonchev–Trinajstić information content (AvgIpc) is 2.90. The van der Waals surface area contributed by atoms with E-state index >= 15 is 0 Å². The van der Waals surface area contributed by atoms with Gasteiger partial charge in [-0.2, -0.15) is 0 Å². The highest BCUT2D eigenvalue weighted by Crippen LogP contribution is 2.20. The van der Waals surface area contributed by atoms with Gasteiger partial charge in [0.1, 0.15) is 0 Å². The van der Waals surface area contributed by atoms with Gasteiger partial charge in [-0.1, -0.05) is 24.4 Å². The molecule has 0 radical (unpaired) electrons. The van der Waals surface area contributed by atoms with Gasteiger partial charge in [0.05, 0.1) is 12.5 Å². The summed E-state index contributed by atoms with van der Waals surface area (Å²) in [5.41, 5.74) is 0.492. The van der Waals surface area contributed by atoms with Crippen molar-refractivity contribution in [2.75, 3.05) is 0 Å². The van der Waals surface area contributed by atoms with Crippen LogP contribution in [0.3, 0.4) is 0 Å². The third kappa shape index (κ3) is 4.05. The minimum Gasteiger partial charge on any atom is -0.481 e. The van der Waals surface area contributed by atoms with Crippen molar-refractivity contribution >= 4 is 23.4 Å². The molecule has 0 aromatic heterocycles. The van der Waals surface area contributed by atoms with E-state index in [0.29, 0.717) is 10.6 Å². The fourth-order valence-electron chi connectivity index (χ4n) is 2.59. The van der Waals surface area contributed by atoms with Crippen LogP contribution in [0.5, 0.6) is 0 Å². The molecular formula is C15H18ClNO3. The summed E-state index contributed by atoms with van der Waals surface area (Å²) in [7, 11) is 0. The van der Waals surface area contributed by atoms with Crippen LogP contribution in [0.25, 0.3) is 0 Å². The zero-order chi connectivity index (χ0) is 14.5. The van der Waals surface area contributed by atoms with E-state index < -0.39 is 12.0 Å². The number of Topliss-reactive ketones (excluding diaryl/α,β-unsaturated/α-hetero) is 1. The molecule has 1 aromatic carbocycles. The van der Waals surface area contributed by atoms with Gasteiger partial charge in [-0.25, -0.2) is 0 Å². The molecule has 1 aliphatic rings. The summed E-state index contributed by atoms with van der Waals surface area (Å²) >= 11 is 5.80. The van der Waals surface area contributed by atoms with Crippen LogP contribution in [-0.2, 0) is 4.79 Å². The number of nitrogens with one attached hydrogen (secondary N) is 1. The molecule has 1 saturated carbocycles. The van der Waals surface area contributed by atoms with Gasteiger partial charge in [-0.05, 0) is 37.1 Å². The highest BCUT2D eigenvalue weighted by atomic mass is 35.5. The molecule has 0 saturated heterocycles. The van der Waals surface area contributed by atoms with Crippen LogP contribution in [0.1, 0.15) is 42.5 Å². The molecule has 1 aromatic rings. The molecular weight excluding hydrogens is 278 g/mol. The monoisotopic (exact) mass is 295 g/mol. The van der Waals surface area contributed by atoms with E-state index in [4.69, 9.17) is 16.7 Å². The number of halogens is 1. The quantitative estimate of drug-likeness (QED) is 0.792. The van der Waals surface area contributed by atoms with Gasteiger partial charge in [0, 0.05) is 16.6 Å². The Bertz CT molecular complexity index is 480. The Hall–Kier alpha value is -1.39. The standard InChI is InChI=1S/C15H18ClNO3/c16-11-7-5-10(6-8-11)15(20)13(9-14(18)19)17-12-3-1-2-4-12/h5-8,12-13,17H,1-4,9H2,(H,18,19). The summed E-state index contributed by atoms with van der Waals surface area (Å²) in [6.45, 7) is 0. The van der Waals surface area contributed by atoms with Gasteiger partial charge in [0.15, 0.2) is 5.78 Å². The van der Waals surface area contributed by atoms with Gasteiger partial charge in [0.2, 0.25) is 0 Å². The first kappa shape index (κ1) is 15.0. The van der Waals surface area contributed by atoms with Gasteiger partial charge >= 0.3 is 5.97 Å². The van der Waals surface area contributed by atoms with E-state index in [2.05, 4.69) is 5.32 Å². The van der Waals surface area contributed by atoms with Gasteiger partial charge in [0.25, 0.3) is 0 Å². The van der Waals surface area contributed by atoms with Crippen molar-refractivity contribution in [1.29, 1.82) is 0 Å². The minimum atomic E-state index is -0.970. The molecule has 2 N–H and O–H groups in total. The number of carboxylic acid groups (broad SMARTS) is 1. The predicted octanol–water partition coefficient (Wildman–Crippen LogP) is 2.90. The molecule has 0 aliphatic heterocycles.